The molecule has 0 spiro atoms. The first-order valence-electron chi connectivity index (χ1n) is 46.5. The summed E-state index contributed by atoms with van der Waals surface area (Å²) in [4.78, 5) is 101. The van der Waals surface area contributed by atoms with Crippen LogP contribution in [0.15, 0.2) is 83.1 Å². The summed E-state index contributed by atoms with van der Waals surface area (Å²) >= 11 is 0. The number of allylic oxidation sites excluding steroid dienone is 13. The molecular formula is C102H149FO20. The Morgan fingerprint density at radius 1 is 0.415 bits per heavy atom. The number of Topliss-reactive ketones (excluding diaryl/α,β-unsaturated/α-hetero) is 4. The van der Waals surface area contributed by atoms with E-state index < -0.39 is 114 Å². The number of ketones is 8. The molecule has 12 saturated carbocycles. The van der Waals surface area contributed by atoms with E-state index in [2.05, 4.69) is 27.7 Å². The van der Waals surface area contributed by atoms with Gasteiger partial charge in [0.05, 0.1) is 46.8 Å². The number of fused-ring (bicyclic) bond motifs is 20. The van der Waals surface area contributed by atoms with Gasteiger partial charge in [0.25, 0.3) is 0 Å². The zero-order valence-corrected chi connectivity index (χ0v) is 77.9. The number of alkyl halides is 1. The molecule has 0 amide bonds. The lowest BCUT2D eigenvalue weighted by Crippen LogP contribution is -2.69. The molecule has 684 valence electrons. The third kappa shape index (κ3) is 15.4. The Morgan fingerprint density at radius 2 is 0.805 bits per heavy atom. The molecule has 16 rings (SSSR count). The molecule has 123 heavy (non-hydrogen) atoms. The van der Waals surface area contributed by atoms with Crippen LogP contribution in [0.25, 0.3) is 0 Å². The molecular weight excluding hydrogens is 1560 g/mol. The van der Waals surface area contributed by atoms with Crippen LogP contribution in [-0.4, -0.2) is 188 Å². The largest absolute Gasteiger partial charge is 0.393 e. The van der Waals surface area contributed by atoms with Crippen LogP contribution in [-0.2, 0) is 57.3 Å². The molecule has 0 aromatic heterocycles. The second-order valence-electron chi connectivity index (χ2n) is 47.2. The Kier molecular flexibility index (Phi) is 24.8. The molecule has 8 N–H and O–H groups in total. The van der Waals surface area contributed by atoms with Gasteiger partial charge in [0.2, 0.25) is 0 Å². The van der Waals surface area contributed by atoms with Crippen LogP contribution in [0.5, 0.6) is 0 Å². The van der Waals surface area contributed by atoms with Gasteiger partial charge in [-0.05, 0) is 319 Å². The lowest BCUT2D eigenvalue weighted by atomic mass is 9.44. The Bertz CT molecular complexity index is 4450. The van der Waals surface area contributed by atoms with Crippen molar-refractivity contribution in [1.29, 1.82) is 0 Å². The molecule has 16 aliphatic carbocycles. The van der Waals surface area contributed by atoms with Crippen LogP contribution < -0.4 is 0 Å². The van der Waals surface area contributed by atoms with Crippen molar-refractivity contribution in [3.05, 3.63) is 83.1 Å². The minimum Gasteiger partial charge on any atom is -0.393 e. The fourth-order valence-electron chi connectivity index (χ4n) is 29.9. The fourth-order valence-corrected chi connectivity index (χ4v) is 29.9. The summed E-state index contributed by atoms with van der Waals surface area (Å²) in [5.41, 5.74) is -10.7. The molecule has 0 unspecified atom stereocenters. The van der Waals surface area contributed by atoms with Crippen molar-refractivity contribution < 1.29 is 103 Å². The van der Waals surface area contributed by atoms with E-state index in [1.54, 1.807) is 37.3 Å². The van der Waals surface area contributed by atoms with Gasteiger partial charge < -0.3 is 59.8 Å². The highest BCUT2D eigenvalue weighted by Gasteiger charge is 2.77. The lowest BCUT2D eigenvalue weighted by Gasteiger charge is -2.62. The normalized spacial score (nSPS) is 46.6. The van der Waals surface area contributed by atoms with E-state index in [1.807, 2.05) is 136 Å². The average molecular weight is 1710 g/mol. The van der Waals surface area contributed by atoms with E-state index in [4.69, 9.17) is 18.9 Å². The first-order chi connectivity index (χ1) is 56.5. The van der Waals surface area contributed by atoms with Crippen LogP contribution in [0, 0.1) is 120 Å². The molecule has 0 saturated heterocycles. The van der Waals surface area contributed by atoms with E-state index in [-0.39, 0.29) is 161 Å². The van der Waals surface area contributed by atoms with Gasteiger partial charge in [-0.1, -0.05) is 103 Å². The van der Waals surface area contributed by atoms with Crippen LogP contribution >= 0.6 is 0 Å². The summed E-state index contributed by atoms with van der Waals surface area (Å²) in [7, 11) is 0. The Hall–Kier alpha value is -5.01. The van der Waals surface area contributed by atoms with E-state index in [1.165, 1.54) is 17.7 Å². The monoisotopic (exact) mass is 1710 g/mol. The molecule has 0 aliphatic heterocycles. The number of hydrogen-bond donors (Lipinski definition) is 8. The zero-order chi connectivity index (χ0) is 91.1. The third-order valence-corrected chi connectivity index (χ3v) is 36.2. The van der Waals surface area contributed by atoms with Crippen molar-refractivity contribution in [3.8, 4) is 0 Å². The van der Waals surface area contributed by atoms with E-state index in [0.717, 1.165) is 74.5 Å². The van der Waals surface area contributed by atoms with Crippen molar-refractivity contribution in [2.45, 2.75) is 356 Å². The first kappa shape index (κ1) is 95.6. The summed E-state index contributed by atoms with van der Waals surface area (Å²) < 4.78 is 39.9. The molecule has 0 aromatic carbocycles. The number of aliphatic hydroxyl groups is 8. The Labute approximate surface area is 730 Å². The summed E-state index contributed by atoms with van der Waals surface area (Å²) in [6.07, 6.45) is 25.9. The highest BCUT2D eigenvalue weighted by Crippen LogP contribution is 2.74. The minimum absolute atomic E-state index is 0.00296. The molecule has 12 fully saturated rings. The number of rotatable bonds is 12. The minimum atomic E-state index is -1.96. The summed E-state index contributed by atoms with van der Waals surface area (Å²) in [5.74, 6) is -0.761. The van der Waals surface area contributed by atoms with E-state index >= 15 is 4.39 Å². The number of halogens is 1. The van der Waals surface area contributed by atoms with Gasteiger partial charge in [-0.15, -0.1) is 0 Å². The van der Waals surface area contributed by atoms with Crippen molar-refractivity contribution in [2.75, 3.05) is 26.4 Å². The number of carbonyl (C=O) groups is 8. The topological polar surface area (TPSA) is 335 Å². The SMILES string of the molecule is CC(C)(C)OCC(=O)[C@@]1(O)CC[C@H]2[C@@H]3CCC4=CC(=O)C=C[C@]4(C)[C@H]3[C@@H](O)C[C@@]21C.CC(C)(C)OCC(=O)[C@@]1(O)CC[C@H]2[C@@H]3CCC4=CC(=O)CC[C@]4(C)[C@H]3[C@@H](O)C[C@@]21C.C[C@@H]1C[C@H]2[C@@H]3CCC4=CC(=O)C=C[C@]4(C)[C@@]3(F)[C@@H](O)C[C@]2(C)[C@@]1(O)C(=O)COC(C)(C)C.C[C@H]1C[C@@H]2[C@H]([C@@H](O)C[C@@]3(C)[C@H]2CC[C@]3(O)C(=O)COC(C)(C)C)[C@@]2(C)C=CC(=O)C=C12. The zero-order valence-electron chi connectivity index (χ0n) is 77.9. The average Bonchev–Trinajstić information content (AvgIpc) is 1.59. The lowest BCUT2D eigenvalue weighted by molar-refractivity contribution is -0.220. The quantitative estimate of drug-likeness (QED) is 0.0900. The Morgan fingerprint density at radius 3 is 1.28 bits per heavy atom. The predicted molar refractivity (Wildman–Crippen MR) is 464 cm³/mol. The highest BCUT2D eigenvalue weighted by atomic mass is 19.1. The number of hydrogen-bond acceptors (Lipinski definition) is 20. The first-order valence-corrected chi connectivity index (χ1v) is 46.5. The van der Waals surface area contributed by atoms with Gasteiger partial charge in [0.1, 0.15) is 48.8 Å². The van der Waals surface area contributed by atoms with Crippen LogP contribution in [0.3, 0.4) is 0 Å². The number of carbonyl (C=O) groups excluding carboxylic acids is 8. The smallest absolute Gasteiger partial charge is 0.190 e. The van der Waals surface area contributed by atoms with Crippen molar-refractivity contribution in [2.24, 2.45) is 120 Å². The molecule has 0 radical (unpaired) electrons. The molecule has 0 heterocycles. The van der Waals surface area contributed by atoms with Gasteiger partial charge in [0, 0.05) is 62.1 Å². The van der Waals surface area contributed by atoms with Gasteiger partial charge >= 0.3 is 0 Å². The maximum Gasteiger partial charge on any atom is 0.190 e. The summed E-state index contributed by atoms with van der Waals surface area (Å²) in [6.45, 7) is 42.2. The standard InChI is InChI=1S/C26H37FO5.C26H38O5.C25H38O5.C25H36O5/c1-15-11-19-18-8-7-16-12-17(28)9-10-23(16,5)25(18,27)20(29)13-24(19,6)26(15,31)21(30)14-32-22(2,3)4;1-15-11-17-18-8-10-26(30,21(29)14-31-23(2,3)4)25(18,6)13-20(28)22(17)24(5)9-7-16(27)12-19(15)24;2*1-22(2,3)30-14-20(28)25(29)11-9-18-17-7-6-15-12-16(26)8-10-23(15,4)21(17)19(27)13-24(18,25)5/h9-10,12,15,18-20,29,31H,7-8,11,13-14H2,1-6H3;7,9,12,15,17-18,20,22,28,30H,8,10-11,13-14H2,1-6H3;12,17-19,21,27,29H,6-11,13-14H2,1-5H3;8,10,12,17-19,21,27,29H,6-7,9,11,13-14H2,1-5H3/t15-,18+,19+,20+,23+,24+,25+,26+;15-,17-,18-,20-,22+,24-,25-,26-;2*17-,18-,19-,21+,23-,24-,25-/m1000/s1. The molecule has 16 aliphatic rings. The summed E-state index contributed by atoms with van der Waals surface area (Å²) in [5, 5.41) is 92.4. The predicted octanol–water partition coefficient (Wildman–Crippen LogP) is 14.3. The third-order valence-electron chi connectivity index (χ3n) is 36.2. The molecule has 20 nitrogen and oxygen atoms in total. The maximum atomic E-state index is 17.1. The van der Waals surface area contributed by atoms with Crippen molar-refractivity contribution in [3.63, 3.8) is 0 Å². The number of aliphatic hydroxyl groups excluding tert-OH is 4. The van der Waals surface area contributed by atoms with Gasteiger partial charge in [0.15, 0.2) is 51.9 Å². The molecule has 30 atom stereocenters. The van der Waals surface area contributed by atoms with Crippen molar-refractivity contribution in [1.82, 2.24) is 0 Å². The van der Waals surface area contributed by atoms with Crippen LogP contribution in [0.1, 0.15) is 281 Å². The van der Waals surface area contributed by atoms with Gasteiger partial charge in [-0.2, -0.15) is 0 Å². The Balaban J connectivity index is 0.000000141. The molecule has 0 aromatic rings. The van der Waals surface area contributed by atoms with Gasteiger partial charge in [-0.25, -0.2) is 4.39 Å². The number of ether oxygens (including phenoxy) is 4. The van der Waals surface area contributed by atoms with Crippen molar-refractivity contribution >= 4 is 46.3 Å². The maximum absolute atomic E-state index is 17.1. The van der Waals surface area contributed by atoms with Crippen LogP contribution in [0.2, 0.25) is 0 Å². The highest BCUT2D eigenvalue weighted by molar-refractivity contribution is 6.03. The molecule has 21 heteroatoms. The van der Waals surface area contributed by atoms with E-state index in [9.17, 15) is 79.2 Å². The van der Waals surface area contributed by atoms with Gasteiger partial charge in [-0.3, -0.25) is 38.4 Å². The van der Waals surface area contributed by atoms with Crippen LogP contribution in [0.4, 0.5) is 4.39 Å². The fraction of sp³-hybridized carbons (Fsp3) is 0.784. The molecule has 0 bridgehead atoms. The second kappa shape index (κ2) is 31.9. The van der Waals surface area contributed by atoms with E-state index in [0.29, 0.717) is 64.2 Å². The second-order valence-corrected chi connectivity index (χ2v) is 47.2. The summed E-state index contributed by atoms with van der Waals surface area (Å²) in [6, 6.07) is 0.